The molecule has 0 aliphatic heterocycles. The molecule has 25 heavy (non-hydrogen) atoms. The van der Waals surface area contributed by atoms with Gasteiger partial charge in [0.05, 0.1) is 0 Å². The summed E-state index contributed by atoms with van der Waals surface area (Å²) in [5, 5.41) is 4.22. The Balaban J connectivity index is 1.86. The topological polar surface area (TPSA) is 37.3 Å². The minimum absolute atomic E-state index is 0.00942. The van der Waals surface area contributed by atoms with Crippen LogP contribution in [0.3, 0.4) is 0 Å². The highest BCUT2D eigenvalue weighted by molar-refractivity contribution is 5.97. The van der Waals surface area contributed by atoms with E-state index in [4.69, 9.17) is 0 Å². The van der Waals surface area contributed by atoms with E-state index in [0.717, 1.165) is 29.7 Å². The maximum Gasteiger partial charge on any atom is 0.246 e. The molecule has 3 aromatic rings. The first-order valence-electron chi connectivity index (χ1n) is 8.79. The lowest BCUT2D eigenvalue weighted by Gasteiger charge is -2.26. The molecule has 1 unspecified atom stereocenters. The van der Waals surface area contributed by atoms with Crippen LogP contribution in [0.2, 0.25) is 0 Å². The monoisotopic (exact) mass is 335 g/mol. The van der Waals surface area contributed by atoms with Crippen LogP contribution in [0.15, 0.2) is 60.8 Å². The van der Waals surface area contributed by atoms with Crippen molar-refractivity contribution in [3.63, 3.8) is 0 Å². The number of aryl methyl sites for hydroxylation is 1. The molecule has 0 aliphatic rings. The first-order chi connectivity index (χ1) is 12.1. The van der Waals surface area contributed by atoms with Gasteiger partial charge in [0.25, 0.3) is 0 Å². The van der Waals surface area contributed by atoms with E-state index in [9.17, 15) is 4.79 Å². The molecule has 1 N–H and O–H groups in total. The highest BCUT2D eigenvalue weighted by Crippen LogP contribution is 2.24. The molecule has 0 saturated heterocycles. The fourth-order valence-electron chi connectivity index (χ4n) is 3.19. The molecule has 0 bridgehead atoms. The Morgan fingerprint density at radius 2 is 1.88 bits per heavy atom. The van der Waals surface area contributed by atoms with Crippen LogP contribution in [0.1, 0.15) is 25.5 Å². The third-order valence-corrected chi connectivity index (χ3v) is 4.68. The molecule has 3 rings (SSSR count). The van der Waals surface area contributed by atoms with Crippen molar-refractivity contribution in [2.45, 2.75) is 26.4 Å². The van der Waals surface area contributed by atoms with Gasteiger partial charge in [-0.1, -0.05) is 37.3 Å². The molecule has 130 valence electrons. The molecule has 1 amide bonds. The number of fused-ring (bicyclic) bond motifs is 1. The Morgan fingerprint density at radius 3 is 2.56 bits per heavy atom. The zero-order chi connectivity index (χ0) is 17.8. The smallest absolute Gasteiger partial charge is 0.246 e. The number of benzene rings is 2. The van der Waals surface area contributed by atoms with E-state index in [1.54, 1.807) is 0 Å². The molecule has 0 aliphatic carbocycles. The number of amides is 1. The second-order valence-corrected chi connectivity index (χ2v) is 6.25. The molecule has 1 aromatic heterocycles. The predicted molar refractivity (Wildman–Crippen MR) is 104 cm³/mol. The average molecular weight is 335 g/mol. The second kappa shape index (κ2) is 7.53. The summed E-state index contributed by atoms with van der Waals surface area (Å²) in [5.41, 5.74) is 3.02. The molecule has 0 spiro atoms. The number of carbonyl (C=O) groups excluding carboxylic acids is 1. The first kappa shape index (κ1) is 17.2. The van der Waals surface area contributed by atoms with Crippen molar-refractivity contribution in [1.29, 1.82) is 0 Å². The van der Waals surface area contributed by atoms with E-state index in [1.165, 1.54) is 5.52 Å². The quantitative estimate of drug-likeness (QED) is 0.729. The van der Waals surface area contributed by atoms with E-state index in [1.807, 2.05) is 49.5 Å². The molecular weight excluding hydrogens is 310 g/mol. The lowest BCUT2D eigenvalue weighted by Crippen LogP contribution is -2.34. The summed E-state index contributed by atoms with van der Waals surface area (Å²) in [6.07, 6.45) is 2.08. The van der Waals surface area contributed by atoms with Crippen molar-refractivity contribution < 1.29 is 4.79 Å². The van der Waals surface area contributed by atoms with Crippen molar-refractivity contribution in [2.24, 2.45) is 0 Å². The third-order valence-electron chi connectivity index (χ3n) is 4.68. The number of likely N-dealkylation sites (N-methyl/N-ethyl adjacent to an activating group) is 1. The number of aromatic nitrogens is 1. The first-order valence-corrected chi connectivity index (χ1v) is 8.79. The highest BCUT2D eigenvalue weighted by Gasteiger charge is 2.24. The van der Waals surface area contributed by atoms with Gasteiger partial charge < -0.3 is 9.88 Å². The van der Waals surface area contributed by atoms with Crippen LogP contribution in [0.25, 0.3) is 10.9 Å². The van der Waals surface area contributed by atoms with Crippen LogP contribution >= 0.6 is 0 Å². The van der Waals surface area contributed by atoms with Crippen molar-refractivity contribution in [3.8, 4) is 0 Å². The van der Waals surface area contributed by atoms with Gasteiger partial charge in [-0.2, -0.15) is 0 Å². The summed E-state index contributed by atoms with van der Waals surface area (Å²) in [6, 6.07) is 17.8. The number of hydrogen-bond donors (Lipinski definition) is 1. The van der Waals surface area contributed by atoms with Gasteiger partial charge in [0, 0.05) is 29.3 Å². The molecule has 1 atom stereocenters. The minimum Gasteiger partial charge on any atom is -0.348 e. The summed E-state index contributed by atoms with van der Waals surface area (Å²) < 4.78 is 2.19. The Labute approximate surface area is 149 Å². The summed E-state index contributed by atoms with van der Waals surface area (Å²) in [4.78, 5) is 15.0. The van der Waals surface area contributed by atoms with Gasteiger partial charge in [0.2, 0.25) is 5.91 Å². The Bertz CT molecular complexity index is 854. The Kier molecular flexibility index (Phi) is 5.19. The molecule has 4 heteroatoms. The van der Waals surface area contributed by atoms with E-state index in [0.29, 0.717) is 0 Å². The van der Waals surface area contributed by atoms with Crippen molar-refractivity contribution in [1.82, 2.24) is 9.47 Å². The molecule has 0 radical (unpaired) electrons. The summed E-state index contributed by atoms with van der Waals surface area (Å²) >= 11 is 0. The van der Waals surface area contributed by atoms with E-state index >= 15 is 0 Å². The Morgan fingerprint density at radius 1 is 1.12 bits per heavy atom. The Hall–Kier alpha value is -2.59. The highest BCUT2D eigenvalue weighted by atomic mass is 16.2. The zero-order valence-corrected chi connectivity index (χ0v) is 15.1. The van der Waals surface area contributed by atoms with Gasteiger partial charge in [-0.3, -0.25) is 9.69 Å². The largest absolute Gasteiger partial charge is 0.348 e. The van der Waals surface area contributed by atoms with Gasteiger partial charge in [-0.15, -0.1) is 0 Å². The molecule has 1 heterocycles. The van der Waals surface area contributed by atoms with Crippen LogP contribution in [-0.4, -0.2) is 29.0 Å². The molecule has 0 saturated carbocycles. The second-order valence-electron chi connectivity index (χ2n) is 6.25. The summed E-state index contributed by atoms with van der Waals surface area (Å²) in [5.74, 6) is -0.00942. The molecular formula is C21H25N3O. The molecule has 2 aromatic carbocycles. The maximum absolute atomic E-state index is 13.0. The minimum atomic E-state index is -0.304. The normalized spacial score (nSPS) is 12.5. The van der Waals surface area contributed by atoms with Crippen molar-refractivity contribution in [2.75, 3.05) is 18.9 Å². The number of hydrogen-bond acceptors (Lipinski definition) is 2. The molecule has 4 nitrogen and oxygen atoms in total. The van der Waals surface area contributed by atoms with Crippen LogP contribution in [-0.2, 0) is 11.3 Å². The van der Waals surface area contributed by atoms with Crippen LogP contribution < -0.4 is 5.32 Å². The van der Waals surface area contributed by atoms with Gasteiger partial charge in [0.1, 0.15) is 6.04 Å². The molecule has 0 fully saturated rings. The van der Waals surface area contributed by atoms with Crippen molar-refractivity contribution >= 4 is 22.5 Å². The number of nitrogens with one attached hydrogen (secondary N) is 1. The third kappa shape index (κ3) is 3.59. The fraction of sp³-hybridized carbons (Fsp3) is 0.286. The van der Waals surface area contributed by atoms with E-state index in [2.05, 4.69) is 47.0 Å². The standard InChI is InChI=1S/C21H25N3O/c1-4-23(3)20(16-9-7-6-8-10-16)21(25)22-18-11-12-19-17(15-18)13-14-24(19)5-2/h6-15,20H,4-5H2,1-3H3,(H,22,25). The van der Waals surface area contributed by atoms with Gasteiger partial charge in [-0.25, -0.2) is 0 Å². The van der Waals surface area contributed by atoms with E-state index in [-0.39, 0.29) is 11.9 Å². The summed E-state index contributed by atoms with van der Waals surface area (Å²) in [6.45, 7) is 5.92. The predicted octanol–water partition coefficient (Wildman–Crippen LogP) is 4.29. The van der Waals surface area contributed by atoms with Gasteiger partial charge in [-0.05, 0) is 50.3 Å². The van der Waals surface area contributed by atoms with Gasteiger partial charge in [0.15, 0.2) is 0 Å². The number of carbonyl (C=O) groups is 1. The number of anilines is 1. The van der Waals surface area contributed by atoms with E-state index < -0.39 is 0 Å². The maximum atomic E-state index is 13.0. The summed E-state index contributed by atoms with van der Waals surface area (Å²) in [7, 11) is 1.97. The lowest BCUT2D eigenvalue weighted by molar-refractivity contribution is -0.121. The van der Waals surface area contributed by atoms with Crippen molar-refractivity contribution in [3.05, 3.63) is 66.4 Å². The average Bonchev–Trinajstić information content (AvgIpc) is 3.05. The van der Waals surface area contributed by atoms with Crippen LogP contribution in [0.5, 0.6) is 0 Å². The van der Waals surface area contributed by atoms with Crippen LogP contribution in [0, 0.1) is 0 Å². The number of rotatable bonds is 6. The van der Waals surface area contributed by atoms with Crippen LogP contribution in [0.4, 0.5) is 5.69 Å². The SMILES string of the molecule is CCN(C)C(C(=O)Nc1ccc2c(ccn2CC)c1)c1ccccc1. The number of nitrogens with zero attached hydrogens (tertiary/aromatic N) is 2. The lowest BCUT2D eigenvalue weighted by atomic mass is 10.0. The fourth-order valence-corrected chi connectivity index (χ4v) is 3.19. The van der Waals surface area contributed by atoms with Gasteiger partial charge >= 0.3 is 0 Å². The zero-order valence-electron chi connectivity index (χ0n) is 15.1.